The Labute approximate surface area is 192 Å². The van der Waals surface area contributed by atoms with Gasteiger partial charge in [-0.3, -0.25) is 4.79 Å². The van der Waals surface area contributed by atoms with Gasteiger partial charge in [-0.15, -0.1) is 0 Å². The Balaban J connectivity index is 1.80. The molecule has 0 unspecified atom stereocenters. The Morgan fingerprint density at radius 2 is 1.81 bits per heavy atom. The summed E-state index contributed by atoms with van der Waals surface area (Å²) in [7, 11) is -3.89. The Bertz CT molecular complexity index is 1310. The second-order valence-corrected chi connectivity index (χ2v) is 9.63. The van der Waals surface area contributed by atoms with Gasteiger partial charge in [-0.25, -0.2) is 18.2 Å². The van der Waals surface area contributed by atoms with Gasteiger partial charge in [0, 0.05) is 17.3 Å². The van der Waals surface area contributed by atoms with Gasteiger partial charge in [0.25, 0.3) is 0 Å². The van der Waals surface area contributed by atoms with Crippen molar-refractivity contribution in [2.24, 2.45) is 5.14 Å². The third-order valence-corrected chi connectivity index (χ3v) is 6.48. The van der Waals surface area contributed by atoms with Crippen LogP contribution in [0.1, 0.15) is 33.5 Å². The van der Waals surface area contributed by atoms with Crippen molar-refractivity contribution < 1.29 is 13.2 Å². The average Bonchev–Trinajstić information content (AvgIpc) is 2.97. The van der Waals surface area contributed by atoms with E-state index in [1.54, 1.807) is 24.6 Å². The van der Waals surface area contributed by atoms with Crippen LogP contribution in [0.15, 0.2) is 47.4 Å². The lowest BCUT2D eigenvalue weighted by molar-refractivity contribution is -0.111. The predicted octanol–water partition coefficient (Wildman–Crippen LogP) is 4.12. The van der Waals surface area contributed by atoms with E-state index >= 15 is 0 Å². The summed E-state index contributed by atoms with van der Waals surface area (Å²) in [6.45, 7) is 7.90. The van der Waals surface area contributed by atoms with Gasteiger partial charge in [-0.2, -0.15) is 5.10 Å². The molecule has 3 N–H and O–H groups in total. The topological polar surface area (TPSA) is 107 Å². The zero-order valence-corrected chi connectivity index (χ0v) is 19.9. The van der Waals surface area contributed by atoms with Gasteiger partial charge in [-0.05, 0) is 62.6 Å². The highest BCUT2D eigenvalue weighted by molar-refractivity contribution is 7.89. The number of anilines is 1. The number of carbonyl (C=O) groups is 1. The van der Waals surface area contributed by atoms with Gasteiger partial charge in [0.15, 0.2) is 0 Å². The molecule has 0 atom stereocenters. The third-order valence-electron chi connectivity index (χ3n) is 5.19. The second kappa shape index (κ2) is 9.28. The highest BCUT2D eigenvalue weighted by Crippen LogP contribution is 2.25. The number of benzene rings is 2. The van der Waals surface area contributed by atoms with Crippen LogP contribution in [0, 0.1) is 27.7 Å². The zero-order valence-electron chi connectivity index (χ0n) is 18.3. The van der Waals surface area contributed by atoms with Crippen LogP contribution in [-0.4, -0.2) is 24.1 Å². The molecule has 0 bridgehead atoms. The fourth-order valence-corrected chi connectivity index (χ4v) is 4.10. The molecule has 1 heterocycles. The minimum Gasteiger partial charge on any atom is -0.322 e. The highest BCUT2D eigenvalue weighted by atomic mass is 35.5. The van der Waals surface area contributed by atoms with E-state index in [0.29, 0.717) is 34.2 Å². The SMILES string of the molecule is Cc1ccc(Cn2nc(C)c(/C=C/C(=O)Nc3cc(S(N)(=O)=O)cc(C)c3C)c2Cl)cc1. The van der Waals surface area contributed by atoms with Crippen molar-refractivity contribution in [1.82, 2.24) is 9.78 Å². The highest BCUT2D eigenvalue weighted by Gasteiger charge is 2.15. The smallest absolute Gasteiger partial charge is 0.248 e. The van der Waals surface area contributed by atoms with Crippen LogP contribution < -0.4 is 10.5 Å². The molecule has 168 valence electrons. The first kappa shape index (κ1) is 23.7. The lowest BCUT2D eigenvalue weighted by Crippen LogP contribution is -2.15. The molecule has 0 spiro atoms. The lowest BCUT2D eigenvalue weighted by atomic mass is 10.1. The molecule has 1 amide bonds. The van der Waals surface area contributed by atoms with Crippen LogP contribution in [0.2, 0.25) is 5.15 Å². The number of primary sulfonamides is 1. The van der Waals surface area contributed by atoms with E-state index < -0.39 is 15.9 Å². The van der Waals surface area contributed by atoms with E-state index in [0.717, 1.165) is 11.1 Å². The number of amides is 1. The Kier molecular flexibility index (Phi) is 6.88. The first-order valence-electron chi connectivity index (χ1n) is 9.87. The zero-order chi connectivity index (χ0) is 23.6. The number of sulfonamides is 1. The van der Waals surface area contributed by atoms with Crippen molar-refractivity contribution in [1.29, 1.82) is 0 Å². The molecule has 0 saturated heterocycles. The molecule has 1 aromatic heterocycles. The molecule has 32 heavy (non-hydrogen) atoms. The number of hydrogen-bond acceptors (Lipinski definition) is 4. The Hall–Kier alpha value is -2.94. The molecule has 0 aliphatic rings. The predicted molar refractivity (Wildman–Crippen MR) is 127 cm³/mol. The molecular formula is C23H25ClN4O3S. The molecule has 2 aromatic carbocycles. The number of aromatic nitrogens is 2. The second-order valence-electron chi connectivity index (χ2n) is 7.71. The van der Waals surface area contributed by atoms with Crippen LogP contribution >= 0.6 is 11.6 Å². The van der Waals surface area contributed by atoms with Gasteiger partial charge in [0.1, 0.15) is 5.15 Å². The first-order valence-corrected chi connectivity index (χ1v) is 11.8. The van der Waals surface area contributed by atoms with E-state index in [-0.39, 0.29) is 4.90 Å². The first-order chi connectivity index (χ1) is 15.0. The van der Waals surface area contributed by atoms with E-state index in [4.69, 9.17) is 16.7 Å². The molecule has 0 radical (unpaired) electrons. The molecular weight excluding hydrogens is 448 g/mol. The fraction of sp³-hybridized carbons (Fsp3) is 0.217. The number of hydrogen-bond donors (Lipinski definition) is 2. The van der Waals surface area contributed by atoms with Crippen molar-refractivity contribution >= 4 is 39.3 Å². The van der Waals surface area contributed by atoms with Crippen molar-refractivity contribution in [3.63, 3.8) is 0 Å². The largest absolute Gasteiger partial charge is 0.322 e. The third kappa shape index (κ3) is 5.45. The number of nitrogens with one attached hydrogen (secondary N) is 1. The summed E-state index contributed by atoms with van der Waals surface area (Å²) < 4.78 is 25.1. The maximum absolute atomic E-state index is 12.5. The molecule has 0 saturated carbocycles. The lowest BCUT2D eigenvalue weighted by Gasteiger charge is -2.11. The van der Waals surface area contributed by atoms with Crippen LogP contribution in [0.4, 0.5) is 5.69 Å². The van der Waals surface area contributed by atoms with Crippen LogP contribution in [0.25, 0.3) is 6.08 Å². The van der Waals surface area contributed by atoms with Crippen LogP contribution in [0.5, 0.6) is 0 Å². The van der Waals surface area contributed by atoms with Crippen molar-refractivity contribution in [3.8, 4) is 0 Å². The van der Waals surface area contributed by atoms with E-state index in [9.17, 15) is 13.2 Å². The Morgan fingerprint density at radius 3 is 2.44 bits per heavy atom. The number of nitrogens with two attached hydrogens (primary N) is 1. The minimum atomic E-state index is -3.89. The van der Waals surface area contributed by atoms with Crippen LogP contribution in [0.3, 0.4) is 0 Å². The van der Waals surface area contributed by atoms with Gasteiger partial charge in [-0.1, -0.05) is 41.4 Å². The quantitative estimate of drug-likeness (QED) is 0.526. The van der Waals surface area contributed by atoms with Gasteiger partial charge >= 0.3 is 0 Å². The van der Waals surface area contributed by atoms with Crippen LogP contribution in [-0.2, 0) is 21.4 Å². The van der Waals surface area contributed by atoms with Gasteiger partial charge in [0.2, 0.25) is 15.9 Å². The molecule has 0 fully saturated rings. The molecule has 3 rings (SSSR count). The maximum Gasteiger partial charge on any atom is 0.248 e. The van der Waals surface area contributed by atoms with Gasteiger partial charge in [0.05, 0.1) is 17.1 Å². The standard InChI is InChI=1S/C23H25ClN4O3S/c1-14-5-7-18(8-6-14)13-28-23(24)20(17(4)27-28)9-10-22(29)26-21-12-19(32(25,30)31)11-15(2)16(21)3/h5-12H,13H2,1-4H3,(H,26,29)(H2,25,30,31)/b10-9+. The summed E-state index contributed by atoms with van der Waals surface area (Å²) in [5.74, 6) is -0.430. The summed E-state index contributed by atoms with van der Waals surface area (Å²) in [5, 5.41) is 12.8. The normalized spacial score (nSPS) is 11.8. The molecule has 0 aliphatic carbocycles. The van der Waals surface area contributed by atoms with E-state index in [1.165, 1.54) is 23.8 Å². The number of rotatable bonds is 6. The molecule has 3 aromatic rings. The van der Waals surface area contributed by atoms with Crippen molar-refractivity contribution in [2.45, 2.75) is 39.1 Å². The molecule has 9 heteroatoms. The average molecular weight is 473 g/mol. The summed E-state index contributed by atoms with van der Waals surface area (Å²) >= 11 is 6.51. The maximum atomic E-state index is 12.5. The number of aryl methyl sites for hydroxylation is 3. The van der Waals surface area contributed by atoms with Gasteiger partial charge < -0.3 is 5.32 Å². The Morgan fingerprint density at radius 1 is 1.16 bits per heavy atom. The van der Waals surface area contributed by atoms with E-state index in [1.807, 2.05) is 38.1 Å². The van der Waals surface area contributed by atoms with Crippen molar-refractivity contribution in [3.05, 3.63) is 81.1 Å². The fourth-order valence-electron chi connectivity index (χ4n) is 3.18. The summed E-state index contributed by atoms with van der Waals surface area (Å²) in [6.07, 6.45) is 2.93. The molecule has 7 nitrogen and oxygen atoms in total. The summed E-state index contributed by atoms with van der Waals surface area (Å²) in [5.41, 5.74) is 5.39. The number of carbonyl (C=O) groups excluding carboxylic acids is 1. The summed E-state index contributed by atoms with van der Waals surface area (Å²) in [6, 6.07) is 10.9. The van der Waals surface area contributed by atoms with E-state index in [2.05, 4.69) is 10.4 Å². The monoisotopic (exact) mass is 472 g/mol. The minimum absolute atomic E-state index is 0.0591. The van der Waals surface area contributed by atoms with Crippen molar-refractivity contribution in [2.75, 3.05) is 5.32 Å². The number of halogens is 1. The molecule has 0 aliphatic heterocycles. The summed E-state index contributed by atoms with van der Waals surface area (Å²) in [4.78, 5) is 12.5. The number of nitrogens with zero attached hydrogens (tertiary/aromatic N) is 2.